The fourth-order valence-electron chi connectivity index (χ4n) is 2.36. The van der Waals surface area contributed by atoms with Crippen LogP contribution >= 0.6 is 0 Å². The number of rotatable bonds is 7. The van der Waals surface area contributed by atoms with Gasteiger partial charge in [0, 0.05) is 6.54 Å². The summed E-state index contributed by atoms with van der Waals surface area (Å²) in [5.41, 5.74) is 7.56. The first-order valence-electron chi connectivity index (χ1n) is 7.26. The molecule has 1 heterocycles. The molecule has 6 heteroatoms. The van der Waals surface area contributed by atoms with Gasteiger partial charge in [-0.3, -0.25) is 4.79 Å². The zero-order valence-electron chi connectivity index (χ0n) is 13.2. The van der Waals surface area contributed by atoms with E-state index in [2.05, 4.69) is 16.3 Å². The molecule has 21 heavy (non-hydrogen) atoms. The van der Waals surface area contributed by atoms with Crippen LogP contribution in [-0.2, 0) is 17.6 Å². The highest BCUT2D eigenvalue weighted by Crippen LogP contribution is 2.23. The van der Waals surface area contributed by atoms with E-state index < -0.39 is 5.91 Å². The summed E-state index contributed by atoms with van der Waals surface area (Å²) in [5, 5.41) is 17.9. The minimum Gasteiger partial charge on any atom is -0.368 e. The van der Waals surface area contributed by atoms with Crippen molar-refractivity contribution >= 4 is 11.7 Å². The molecule has 0 fully saturated rings. The Kier molecular flexibility index (Phi) is 6.10. The Hall–Kier alpha value is -2.16. The molecule has 114 valence electrons. The van der Waals surface area contributed by atoms with Crippen molar-refractivity contribution in [2.45, 2.75) is 40.5 Å². The number of carbonyl (C=O) groups is 1. The number of amides is 1. The molecule has 0 spiro atoms. The van der Waals surface area contributed by atoms with E-state index in [1.807, 2.05) is 27.7 Å². The number of nitrogens with two attached hydrogens (primary N) is 1. The Morgan fingerprint density at radius 2 is 2.00 bits per heavy atom. The third kappa shape index (κ3) is 4.15. The third-order valence-corrected chi connectivity index (χ3v) is 3.17. The number of nitrogens with zero attached hydrogens (tertiary/aromatic N) is 4. The third-order valence-electron chi connectivity index (χ3n) is 3.17. The van der Waals surface area contributed by atoms with E-state index in [0.717, 1.165) is 17.7 Å². The molecule has 0 saturated heterocycles. The molecule has 2 N–H and O–H groups in total. The van der Waals surface area contributed by atoms with E-state index in [4.69, 9.17) is 5.73 Å². The first-order chi connectivity index (χ1) is 9.94. The van der Waals surface area contributed by atoms with Gasteiger partial charge >= 0.3 is 0 Å². The van der Waals surface area contributed by atoms with E-state index in [-0.39, 0.29) is 6.54 Å². The van der Waals surface area contributed by atoms with Crippen LogP contribution < -0.4 is 10.6 Å². The topological polar surface area (TPSA) is 95.9 Å². The van der Waals surface area contributed by atoms with Gasteiger partial charge in [-0.05, 0) is 24.3 Å². The summed E-state index contributed by atoms with van der Waals surface area (Å²) in [7, 11) is 0. The van der Waals surface area contributed by atoms with E-state index in [0.29, 0.717) is 30.3 Å². The van der Waals surface area contributed by atoms with Crippen molar-refractivity contribution in [3.05, 3.63) is 16.8 Å². The van der Waals surface area contributed by atoms with Gasteiger partial charge < -0.3 is 10.6 Å². The predicted molar refractivity (Wildman–Crippen MR) is 81.7 cm³/mol. The summed E-state index contributed by atoms with van der Waals surface area (Å²) < 4.78 is 0. The Labute approximate surface area is 126 Å². The fraction of sp³-hybridized carbons (Fsp3) is 0.600. The summed E-state index contributed by atoms with van der Waals surface area (Å²) in [4.78, 5) is 13.0. The number of hydrogen-bond acceptors (Lipinski definition) is 5. The standard InChI is InChI=1S/C15H23N5O/c1-5-11-12(7-16)15(19-18-13(11)6-2)20(8-10(3)4)9-14(17)21/h10H,5-6,8-9H2,1-4H3,(H2,17,21). The van der Waals surface area contributed by atoms with Crippen molar-refractivity contribution in [3.63, 3.8) is 0 Å². The van der Waals surface area contributed by atoms with E-state index in [1.165, 1.54) is 0 Å². The molecule has 1 rings (SSSR count). The largest absolute Gasteiger partial charge is 0.368 e. The molecule has 6 nitrogen and oxygen atoms in total. The van der Waals surface area contributed by atoms with Gasteiger partial charge in [0.25, 0.3) is 0 Å². The van der Waals surface area contributed by atoms with Crippen LogP contribution in [0, 0.1) is 17.2 Å². The van der Waals surface area contributed by atoms with Gasteiger partial charge in [0.2, 0.25) is 5.91 Å². The number of carbonyl (C=O) groups excluding carboxylic acids is 1. The Morgan fingerprint density at radius 1 is 1.33 bits per heavy atom. The van der Waals surface area contributed by atoms with E-state index in [9.17, 15) is 10.1 Å². The van der Waals surface area contributed by atoms with Gasteiger partial charge in [-0.1, -0.05) is 27.7 Å². The average molecular weight is 289 g/mol. The molecule has 1 aromatic rings. The van der Waals surface area contributed by atoms with Gasteiger partial charge in [0.1, 0.15) is 11.6 Å². The number of nitriles is 1. The first kappa shape index (κ1) is 16.9. The highest BCUT2D eigenvalue weighted by molar-refractivity contribution is 5.79. The van der Waals surface area contributed by atoms with Crippen LogP contribution in [0.1, 0.15) is 44.5 Å². The van der Waals surface area contributed by atoms with Crippen molar-refractivity contribution in [2.75, 3.05) is 18.0 Å². The molecule has 0 bridgehead atoms. The fourth-order valence-corrected chi connectivity index (χ4v) is 2.36. The zero-order valence-corrected chi connectivity index (χ0v) is 13.2. The second-order valence-corrected chi connectivity index (χ2v) is 5.38. The van der Waals surface area contributed by atoms with Gasteiger partial charge in [0.05, 0.1) is 12.2 Å². The smallest absolute Gasteiger partial charge is 0.237 e. The quantitative estimate of drug-likeness (QED) is 0.819. The lowest BCUT2D eigenvalue weighted by atomic mass is 10.0. The SMILES string of the molecule is CCc1nnc(N(CC(N)=O)CC(C)C)c(C#N)c1CC. The maximum absolute atomic E-state index is 11.3. The van der Waals surface area contributed by atoms with Crippen molar-refractivity contribution in [1.29, 1.82) is 5.26 Å². The second kappa shape index (κ2) is 7.58. The number of aromatic nitrogens is 2. The lowest BCUT2D eigenvalue weighted by Crippen LogP contribution is -2.37. The maximum Gasteiger partial charge on any atom is 0.237 e. The van der Waals surface area contributed by atoms with Gasteiger partial charge in [-0.15, -0.1) is 5.10 Å². The number of anilines is 1. The van der Waals surface area contributed by atoms with Crippen molar-refractivity contribution in [2.24, 2.45) is 11.7 Å². The number of hydrogen-bond donors (Lipinski definition) is 1. The summed E-state index contributed by atoms with van der Waals surface area (Å²) in [5.74, 6) is 0.326. The minimum atomic E-state index is -0.445. The number of primary amides is 1. The molecule has 1 aromatic heterocycles. The van der Waals surface area contributed by atoms with Gasteiger partial charge in [0.15, 0.2) is 5.82 Å². The zero-order chi connectivity index (χ0) is 16.0. The van der Waals surface area contributed by atoms with Crippen LogP contribution in [0.2, 0.25) is 0 Å². The van der Waals surface area contributed by atoms with E-state index >= 15 is 0 Å². The molecule has 0 radical (unpaired) electrons. The molecule has 1 amide bonds. The molecule has 0 atom stereocenters. The lowest BCUT2D eigenvalue weighted by molar-refractivity contribution is -0.116. The van der Waals surface area contributed by atoms with Crippen molar-refractivity contribution in [1.82, 2.24) is 10.2 Å². The molecule has 0 aromatic carbocycles. The molecule has 0 saturated carbocycles. The second-order valence-electron chi connectivity index (χ2n) is 5.38. The first-order valence-corrected chi connectivity index (χ1v) is 7.26. The predicted octanol–water partition coefficient (Wildman–Crippen LogP) is 1.42. The average Bonchev–Trinajstić information content (AvgIpc) is 2.43. The van der Waals surface area contributed by atoms with Crippen molar-refractivity contribution < 1.29 is 4.79 Å². The van der Waals surface area contributed by atoms with Gasteiger partial charge in [-0.2, -0.15) is 10.4 Å². The van der Waals surface area contributed by atoms with Crippen LogP contribution in [0.4, 0.5) is 5.82 Å². The van der Waals surface area contributed by atoms with Crippen molar-refractivity contribution in [3.8, 4) is 6.07 Å². The molecular formula is C15H23N5O. The minimum absolute atomic E-state index is 0.0379. The Balaban J connectivity index is 3.37. The van der Waals surface area contributed by atoms with Crippen LogP contribution in [0.3, 0.4) is 0 Å². The monoisotopic (exact) mass is 289 g/mol. The Morgan fingerprint density at radius 3 is 2.43 bits per heavy atom. The molecule has 0 aliphatic carbocycles. The summed E-state index contributed by atoms with van der Waals surface area (Å²) >= 11 is 0. The molecule has 0 aliphatic rings. The summed E-state index contributed by atoms with van der Waals surface area (Å²) in [6, 6.07) is 2.22. The van der Waals surface area contributed by atoms with Crippen LogP contribution in [0.25, 0.3) is 0 Å². The maximum atomic E-state index is 11.3. The van der Waals surface area contributed by atoms with Crippen LogP contribution in [0.5, 0.6) is 0 Å². The van der Waals surface area contributed by atoms with Crippen LogP contribution in [0.15, 0.2) is 0 Å². The number of aryl methyl sites for hydroxylation is 1. The Bertz CT molecular complexity index is 548. The highest BCUT2D eigenvalue weighted by Gasteiger charge is 2.21. The summed E-state index contributed by atoms with van der Waals surface area (Å²) in [6.07, 6.45) is 1.44. The normalized spacial score (nSPS) is 10.5. The lowest BCUT2D eigenvalue weighted by Gasteiger charge is -2.25. The molecule has 0 aliphatic heterocycles. The molecular weight excluding hydrogens is 266 g/mol. The summed E-state index contributed by atoms with van der Waals surface area (Å²) in [6.45, 7) is 8.68. The van der Waals surface area contributed by atoms with E-state index in [1.54, 1.807) is 4.90 Å². The molecule has 0 unspecified atom stereocenters. The van der Waals surface area contributed by atoms with Crippen LogP contribution in [-0.4, -0.2) is 29.2 Å². The highest BCUT2D eigenvalue weighted by atomic mass is 16.1. The van der Waals surface area contributed by atoms with Gasteiger partial charge in [-0.25, -0.2) is 0 Å².